The fourth-order valence-corrected chi connectivity index (χ4v) is 5.53. The van der Waals surface area contributed by atoms with Gasteiger partial charge in [-0.05, 0) is 55.3 Å². The van der Waals surface area contributed by atoms with Crippen molar-refractivity contribution >= 4 is 16.9 Å². The predicted octanol–water partition coefficient (Wildman–Crippen LogP) is 5.85. The number of likely N-dealkylation sites (tertiary alicyclic amines) is 1. The van der Waals surface area contributed by atoms with E-state index < -0.39 is 12.1 Å². The van der Waals surface area contributed by atoms with E-state index in [0.717, 1.165) is 60.7 Å². The third kappa shape index (κ3) is 7.44. The van der Waals surface area contributed by atoms with Crippen LogP contribution < -0.4 is 5.56 Å². The monoisotopic (exact) mass is 654 g/mol. The van der Waals surface area contributed by atoms with Gasteiger partial charge in [-0.3, -0.25) is 14.8 Å². The van der Waals surface area contributed by atoms with Crippen molar-refractivity contribution in [1.82, 2.24) is 40.0 Å². The minimum atomic E-state index is -5.08. The molecule has 0 aliphatic carbocycles. The Balaban J connectivity index is 0.000000519. The Morgan fingerprint density at radius 3 is 2.25 bits per heavy atom. The highest BCUT2D eigenvalue weighted by atomic mass is 19.4. The van der Waals surface area contributed by atoms with E-state index in [4.69, 9.17) is 14.9 Å². The van der Waals surface area contributed by atoms with Gasteiger partial charge >= 0.3 is 12.1 Å². The van der Waals surface area contributed by atoms with Gasteiger partial charge in [-0.1, -0.05) is 54.6 Å². The standard InChI is InChI=1S/C32H28N8O.C2HF3O2/c41-32-26-19-25(22-5-2-1-3-6-22)28(36-27(26)11-16-35-32)23-9-7-21(8-10-23)20-40-17-12-24(13-18-40)29-37-31(39-38-29)30-33-14-4-15-34-30;3-2(4,5)1(6)7/h1-11,14-16,19,24H,12-13,17-18,20H2,(H,35,41)(H,37,38,39);(H,6,7). The number of carboxylic acids is 1. The Kier molecular flexibility index (Phi) is 9.34. The van der Waals surface area contributed by atoms with Gasteiger partial charge in [0, 0.05) is 42.2 Å². The van der Waals surface area contributed by atoms with Crippen molar-refractivity contribution in [1.29, 1.82) is 0 Å². The summed E-state index contributed by atoms with van der Waals surface area (Å²) in [5.41, 5.74) is 5.68. The zero-order valence-electron chi connectivity index (χ0n) is 25.4. The number of rotatable bonds is 6. The molecule has 14 heteroatoms. The van der Waals surface area contributed by atoms with E-state index in [1.54, 1.807) is 24.7 Å². The molecular formula is C34H29F3N8O3. The van der Waals surface area contributed by atoms with Crippen LogP contribution in [0, 0.1) is 0 Å². The van der Waals surface area contributed by atoms with Crippen LogP contribution in [0.2, 0.25) is 0 Å². The van der Waals surface area contributed by atoms with Gasteiger partial charge < -0.3 is 10.1 Å². The summed E-state index contributed by atoms with van der Waals surface area (Å²) >= 11 is 0. The maximum atomic E-state index is 12.5. The summed E-state index contributed by atoms with van der Waals surface area (Å²) in [6.07, 6.45) is 2.00. The van der Waals surface area contributed by atoms with Crippen LogP contribution in [0.4, 0.5) is 13.2 Å². The first-order valence-electron chi connectivity index (χ1n) is 15.0. The molecule has 7 rings (SSSR count). The minimum Gasteiger partial charge on any atom is -0.475 e. The van der Waals surface area contributed by atoms with Crippen molar-refractivity contribution in [3.05, 3.63) is 113 Å². The number of hydrogen-bond acceptors (Lipinski definition) is 8. The molecule has 1 aliphatic heterocycles. The number of pyridine rings is 2. The molecule has 5 heterocycles. The average molecular weight is 655 g/mol. The van der Waals surface area contributed by atoms with Gasteiger partial charge in [0.15, 0.2) is 5.82 Å². The maximum Gasteiger partial charge on any atom is 0.490 e. The van der Waals surface area contributed by atoms with Crippen LogP contribution in [0.1, 0.15) is 30.1 Å². The first kappa shape index (κ1) is 32.2. The first-order chi connectivity index (χ1) is 23.2. The first-order valence-corrected chi connectivity index (χ1v) is 15.0. The lowest BCUT2D eigenvalue weighted by Crippen LogP contribution is -2.32. The van der Waals surface area contributed by atoms with E-state index in [1.165, 1.54) is 5.56 Å². The molecule has 6 aromatic rings. The van der Waals surface area contributed by atoms with Gasteiger partial charge in [-0.2, -0.15) is 13.2 Å². The number of carbonyl (C=O) groups is 1. The molecule has 1 aliphatic rings. The predicted molar refractivity (Wildman–Crippen MR) is 172 cm³/mol. The lowest BCUT2D eigenvalue weighted by molar-refractivity contribution is -0.192. The molecule has 4 aromatic heterocycles. The van der Waals surface area contributed by atoms with Crippen molar-refractivity contribution < 1.29 is 23.1 Å². The molecule has 0 amide bonds. The summed E-state index contributed by atoms with van der Waals surface area (Å²) in [7, 11) is 0. The van der Waals surface area contributed by atoms with Crippen molar-refractivity contribution in [2.75, 3.05) is 13.1 Å². The smallest absolute Gasteiger partial charge is 0.475 e. The quantitative estimate of drug-likeness (QED) is 0.201. The van der Waals surface area contributed by atoms with Crippen LogP contribution in [-0.4, -0.2) is 70.4 Å². The third-order valence-electron chi connectivity index (χ3n) is 7.96. The second-order valence-electron chi connectivity index (χ2n) is 11.2. The van der Waals surface area contributed by atoms with E-state index in [0.29, 0.717) is 28.5 Å². The number of hydrogen-bond donors (Lipinski definition) is 3. The van der Waals surface area contributed by atoms with E-state index in [-0.39, 0.29) is 5.56 Å². The van der Waals surface area contributed by atoms with Crippen LogP contribution in [-0.2, 0) is 11.3 Å². The average Bonchev–Trinajstić information content (AvgIpc) is 3.60. The van der Waals surface area contributed by atoms with E-state index in [9.17, 15) is 18.0 Å². The van der Waals surface area contributed by atoms with Gasteiger partial charge in [0.25, 0.3) is 5.56 Å². The topological polar surface area (TPSA) is 154 Å². The number of nitrogens with one attached hydrogen (secondary N) is 2. The normalized spacial score (nSPS) is 14.0. The molecule has 1 saturated heterocycles. The number of carboxylic acid groups (broad SMARTS) is 1. The number of aromatic amines is 2. The Bertz CT molecular complexity index is 2060. The van der Waals surface area contributed by atoms with Gasteiger partial charge in [0.1, 0.15) is 5.82 Å². The number of nitrogens with zero attached hydrogens (tertiary/aromatic N) is 6. The van der Waals surface area contributed by atoms with Crippen LogP contribution in [0.5, 0.6) is 0 Å². The van der Waals surface area contributed by atoms with Crippen LogP contribution >= 0.6 is 0 Å². The summed E-state index contributed by atoms with van der Waals surface area (Å²) in [6.45, 7) is 2.87. The summed E-state index contributed by atoms with van der Waals surface area (Å²) < 4.78 is 31.7. The molecule has 0 atom stereocenters. The Morgan fingerprint density at radius 1 is 0.896 bits per heavy atom. The zero-order chi connectivity index (χ0) is 33.7. The second kappa shape index (κ2) is 13.9. The van der Waals surface area contributed by atoms with Crippen molar-refractivity contribution in [3.8, 4) is 34.0 Å². The number of aromatic nitrogens is 7. The van der Waals surface area contributed by atoms with Crippen molar-refractivity contribution in [3.63, 3.8) is 0 Å². The highest BCUT2D eigenvalue weighted by Crippen LogP contribution is 2.33. The molecule has 3 N–H and O–H groups in total. The number of fused-ring (bicyclic) bond motifs is 1. The molecule has 0 saturated carbocycles. The molecule has 1 fully saturated rings. The largest absolute Gasteiger partial charge is 0.490 e. The summed E-state index contributed by atoms with van der Waals surface area (Å²) in [5.74, 6) is -0.408. The van der Waals surface area contributed by atoms with E-state index >= 15 is 0 Å². The van der Waals surface area contributed by atoms with Gasteiger partial charge in [-0.25, -0.2) is 24.7 Å². The van der Waals surface area contributed by atoms with Crippen LogP contribution in [0.3, 0.4) is 0 Å². The van der Waals surface area contributed by atoms with Gasteiger partial charge in [0.05, 0.1) is 16.6 Å². The summed E-state index contributed by atoms with van der Waals surface area (Å²) in [6, 6.07) is 24.3. The summed E-state index contributed by atoms with van der Waals surface area (Å²) in [5, 5.41) is 15.2. The van der Waals surface area contributed by atoms with Gasteiger partial charge in [-0.15, -0.1) is 5.10 Å². The van der Waals surface area contributed by atoms with Crippen molar-refractivity contribution in [2.45, 2.75) is 31.5 Å². The Hall–Kier alpha value is -5.76. The number of alkyl halides is 3. The van der Waals surface area contributed by atoms with Gasteiger partial charge in [0.2, 0.25) is 5.82 Å². The number of H-pyrrole nitrogens is 2. The SMILES string of the molecule is O=C(O)C(F)(F)F.O=c1[nH]ccc2nc(-c3ccc(CN4CCC(c5nc(-c6ncccn6)n[nH]5)CC4)cc3)c(-c3ccccc3)cc12. The molecule has 0 bridgehead atoms. The number of aliphatic carboxylic acids is 1. The molecule has 244 valence electrons. The zero-order valence-corrected chi connectivity index (χ0v) is 25.4. The molecular weight excluding hydrogens is 625 g/mol. The van der Waals surface area contributed by atoms with E-state index in [1.807, 2.05) is 30.3 Å². The van der Waals surface area contributed by atoms with Crippen molar-refractivity contribution in [2.24, 2.45) is 0 Å². The third-order valence-corrected chi connectivity index (χ3v) is 7.96. The summed E-state index contributed by atoms with van der Waals surface area (Å²) in [4.78, 5) is 44.7. The van der Waals surface area contributed by atoms with Crippen LogP contribution in [0.15, 0.2) is 96.2 Å². The molecule has 2 aromatic carbocycles. The Morgan fingerprint density at radius 2 is 1.58 bits per heavy atom. The maximum absolute atomic E-state index is 12.5. The molecule has 11 nitrogen and oxygen atoms in total. The number of benzene rings is 2. The fraction of sp³-hybridized carbons (Fsp3) is 0.206. The molecule has 0 spiro atoms. The molecule has 0 radical (unpaired) electrons. The molecule has 0 unspecified atom stereocenters. The fourth-order valence-electron chi connectivity index (χ4n) is 5.53. The second-order valence-corrected chi connectivity index (χ2v) is 11.2. The Labute approximate surface area is 271 Å². The highest BCUT2D eigenvalue weighted by Gasteiger charge is 2.38. The number of piperidine rings is 1. The highest BCUT2D eigenvalue weighted by molar-refractivity contribution is 5.91. The lowest BCUT2D eigenvalue weighted by atomic mass is 9.95. The van der Waals surface area contributed by atoms with E-state index in [2.05, 4.69) is 71.4 Å². The minimum absolute atomic E-state index is 0.133. The number of halogens is 3. The molecule has 48 heavy (non-hydrogen) atoms. The van der Waals surface area contributed by atoms with Crippen LogP contribution in [0.25, 0.3) is 44.9 Å². The lowest BCUT2D eigenvalue weighted by Gasteiger charge is -2.31.